The SMILES string of the molecule is CC(=O)NC1CCCC1/C(N)=N/O. The number of nitrogens with one attached hydrogen (secondary N) is 1. The highest BCUT2D eigenvalue weighted by Gasteiger charge is 2.30. The summed E-state index contributed by atoms with van der Waals surface area (Å²) in [5.41, 5.74) is 5.49. The fraction of sp³-hybridized carbons (Fsp3) is 0.750. The molecule has 0 aromatic rings. The van der Waals surface area contributed by atoms with Crippen molar-refractivity contribution in [1.82, 2.24) is 5.32 Å². The lowest BCUT2D eigenvalue weighted by Crippen LogP contribution is -2.41. The Hall–Kier alpha value is -1.26. The Morgan fingerprint density at radius 3 is 2.85 bits per heavy atom. The van der Waals surface area contributed by atoms with Crippen molar-refractivity contribution in [2.45, 2.75) is 32.2 Å². The Balaban J connectivity index is 2.58. The summed E-state index contributed by atoms with van der Waals surface area (Å²) in [4.78, 5) is 10.8. The molecule has 5 nitrogen and oxygen atoms in total. The summed E-state index contributed by atoms with van der Waals surface area (Å²) >= 11 is 0. The molecule has 0 aliphatic heterocycles. The maximum absolute atomic E-state index is 10.8. The van der Waals surface area contributed by atoms with Crippen LogP contribution in [-0.2, 0) is 4.79 Å². The van der Waals surface area contributed by atoms with Crippen LogP contribution in [0.15, 0.2) is 5.16 Å². The van der Waals surface area contributed by atoms with E-state index in [2.05, 4.69) is 10.5 Å². The minimum Gasteiger partial charge on any atom is -0.409 e. The van der Waals surface area contributed by atoms with Crippen LogP contribution < -0.4 is 11.1 Å². The van der Waals surface area contributed by atoms with Crippen molar-refractivity contribution in [2.75, 3.05) is 0 Å². The highest BCUT2D eigenvalue weighted by atomic mass is 16.4. The van der Waals surface area contributed by atoms with Gasteiger partial charge in [0.15, 0.2) is 0 Å². The van der Waals surface area contributed by atoms with Gasteiger partial charge in [-0.1, -0.05) is 11.6 Å². The maximum atomic E-state index is 10.8. The second-order valence-corrected chi connectivity index (χ2v) is 3.37. The molecule has 1 amide bonds. The van der Waals surface area contributed by atoms with Gasteiger partial charge >= 0.3 is 0 Å². The second-order valence-electron chi connectivity index (χ2n) is 3.37. The molecule has 0 bridgehead atoms. The van der Waals surface area contributed by atoms with E-state index in [4.69, 9.17) is 10.9 Å². The lowest BCUT2D eigenvalue weighted by Gasteiger charge is -2.18. The van der Waals surface area contributed by atoms with E-state index >= 15 is 0 Å². The van der Waals surface area contributed by atoms with Gasteiger partial charge in [0.1, 0.15) is 5.84 Å². The quantitative estimate of drug-likeness (QED) is 0.245. The number of rotatable bonds is 2. The molecule has 4 N–H and O–H groups in total. The van der Waals surface area contributed by atoms with E-state index in [1.54, 1.807) is 0 Å². The number of nitrogens with zero attached hydrogens (tertiary/aromatic N) is 1. The van der Waals surface area contributed by atoms with Gasteiger partial charge in [0.25, 0.3) is 0 Å². The standard InChI is InChI=1S/C8H15N3O2/c1-5(12)10-7-4-2-3-6(7)8(9)11-13/h6-7,13H,2-4H2,1H3,(H2,9,11)(H,10,12). The van der Waals surface area contributed by atoms with E-state index in [9.17, 15) is 4.79 Å². The normalized spacial score (nSPS) is 28.8. The van der Waals surface area contributed by atoms with Gasteiger partial charge in [-0.05, 0) is 12.8 Å². The molecule has 0 radical (unpaired) electrons. The fourth-order valence-corrected chi connectivity index (χ4v) is 1.82. The average molecular weight is 185 g/mol. The lowest BCUT2D eigenvalue weighted by molar-refractivity contribution is -0.119. The molecule has 0 aromatic carbocycles. The van der Waals surface area contributed by atoms with Gasteiger partial charge in [0.2, 0.25) is 5.91 Å². The molecule has 1 aliphatic carbocycles. The molecule has 0 spiro atoms. The first kappa shape index (κ1) is 9.83. The molecule has 2 atom stereocenters. The molecule has 2 unspecified atom stereocenters. The molecule has 0 aromatic heterocycles. The van der Waals surface area contributed by atoms with E-state index in [-0.39, 0.29) is 23.7 Å². The minimum atomic E-state index is -0.0670. The monoisotopic (exact) mass is 185 g/mol. The third kappa shape index (κ3) is 2.34. The summed E-state index contributed by atoms with van der Waals surface area (Å²) in [5, 5.41) is 14.3. The molecular weight excluding hydrogens is 170 g/mol. The van der Waals surface area contributed by atoms with Crippen LogP contribution in [0.5, 0.6) is 0 Å². The minimum absolute atomic E-state index is 0.00565. The number of amides is 1. The molecule has 1 saturated carbocycles. The van der Waals surface area contributed by atoms with Crippen LogP contribution in [0.2, 0.25) is 0 Å². The zero-order valence-electron chi connectivity index (χ0n) is 7.66. The molecule has 5 heteroatoms. The van der Waals surface area contributed by atoms with Crippen LogP contribution in [0, 0.1) is 5.92 Å². The molecule has 1 aliphatic rings. The first-order valence-corrected chi connectivity index (χ1v) is 4.39. The first-order valence-electron chi connectivity index (χ1n) is 4.39. The van der Waals surface area contributed by atoms with Gasteiger partial charge in [-0.2, -0.15) is 0 Å². The van der Waals surface area contributed by atoms with E-state index in [1.165, 1.54) is 6.92 Å². The van der Waals surface area contributed by atoms with Crippen LogP contribution >= 0.6 is 0 Å². The number of carbonyl (C=O) groups is 1. The van der Waals surface area contributed by atoms with Crippen LogP contribution in [-0.4, -0.2) is 23.0 Å². The maximum Gasteiger partial charge on any atom is 0.217 e. The van der Waals surface area contributed by atoms with Gasteiger partial charge in [-0.3, -0.25) is 4.79 Å². The van der Waals surface area contributed by atoms with Crippen molar-refractivity contribution in [3.05, 3.63) is 0 Å². The van der Waals surface area contributed by atoms with Gasteiger partial charge < -0.3 is 16.3 Å². The number of oxime groups is 1. The Morgan fingerprint density at radius 1 is 1.62 bits per heavy atom. The van der Waals surface area contributed by atoms with Gasteiger partial charge in [-0.15, -0.1) is 0 Å². The predicted molar refractivity (Wildman–Crippen MR) is 48.4 cm³/mol. The van der Waals surface area contributed by atoms with Crippen molar-refractivity contribution in [3.8, 4) is 0 Å². The number of hydrogen-bond acceptors (Lipinski definition) is 3. The van der Waals surface area contributed by atoms with E-state index in [1.807, 2.05) is 0 Å². The topological polar surface area (TPSA) is 87.7 Å². The molecule has 1 fully saturated rings. The van der Waals surface area contributed by atoms with E-state index in [0.717, 1.165) is 19.3 Å². The van der Waals surface area contributed by atoms with Gasteiger partial charge in [-0.25, -0.2) is 0 Å². The average Bonchev–Trinajstić information content (AvgIpc) is 2.50. The summed E-state index contributed by atoms with van der Waals surface area (Å²) in [7, 11) is 0. The van der Waals surface area contributed by atoms with Crippen LogP contribution in [0.25, 0.3) is 0 Å². The van der Waals surface area contributed by atoms with Crippen LogP contribution in [0.1, 0.15) is 26.2 Å². The Kier molecular flexibility index (Phi) is 3.11. The molecule has 0 heterocycles. The zero-order valence-corrected chi connectivity index (χ0v) is 7.66. The highest BCUT2D eigenvalue weighted by molar-refractivity contribution is 5.84. The van der Waals surface area contributed by atoms with E-state index < -0.39 is 0 Å². The second kappa shape index (κ2) is 4.11. The van der Waals surface area contributed by atoms with Crippen molar-refractivity contribution < 1.29 is 10.0 Å². The smallest absolute Gasteiger partial charge is 0.217 e. The molecule has 1 rings (SSSR count). The highest BCUT2D eigenvalue weighted by Crippen LogP contribution is 2.25. The number of nitrogens with two attached hydrogens (primary N) is 1. The zero-order chi connectivity index (χ0) is 9.84. The number of amidine groups is 1. The van der Waals surface area contributed by atoms with Crippen molar-refractivity contribution >= 4 is 11.7 Å². The molecule has 13 heavy (non-hydrogen) atoms. The molecule has 0 saturated heterocycles. The van der Waals surface area contributed by atoms with Crippen molar-refractivity contribution in [2.24, 2.45) is 16.8 Å². The third-order valence-corrected chi connectivity index (χ3v) is 2.40. The molecular formula is C8H15N3O2. The largest absolute Gasteiger partial charge is 0.409 e. The molecule has 74 valence electrons. The van der Waals surface area contributed by atoms with Crippen molar-refractivity contribution in [1.29, 1.82) is 0 Å². The van der Waals surface area contributed by atoms with Crippen molar-refractivity contribution in [3.63, 3.8) is 0 Å². The third-order valence-electron chi connectivity index (χ3n) is 2.40. The van der Waals surface area contributed by atoms with Gasteiger partial charge in [0, 0.05) is 18.9 Å². The summed E-state index contributed by atoms with van der Waals surface area (Å²) in [6.45, 7) is 1.47. The number of hydrogen-bond donors (Lipinski definition) is 3. The lowest BCUT2D eigenvalue weighted by atomic mass is 10.0. The summed E-state index contributed by atoms with van der Waals surface area (Å²) in [6.07, 6.45) is 2.78. The Morgan fingerprint density at radius 2 is 2.31 bits per heavy atom. The van der Waals surface area contributed by atoms with Crippen LogP contribution in [0.4, 0.5) is 0 Å². The van der Waals surface area contributed by atoms with Gasteiger partial charge in [0.05, 0.1) is 0 Å². The summed E-state index contributed by atoms with van der Waals surface area (Å²) < 4.78 is 0. The number of carbonyl (C=O) groups excluding carboxylic acids is 1. The summed E-state index contributed by atoms with van der Waals surface area (Å²) in [6, 6.07) is 0.0356. The first-order chi connectivity index (χ1) is 6.15. The fourth-order valence-electron chi connectivity index (χ4n) is 1.82. The Bertz CT molecular complexity index is 227. The Labute approximate surface area is 77.0 Å². The predicted octanol–water partition coefficient (Wildman–Crippen LogP) is 0.0376. The summed E-state index contributed by atoms with van der Waals surface area (Å²) in [5.74, 6) is 0.146. The van der Waals surface area contributed by atoms with Crippen LogP contribution in [0.3, 0.4) is 0 Å². The van der Waals surface area contributed by atoms with E-state index in [0.29, 0.717) is 0 Å².